The molecule has 0 bridgehead atoms. The molecule has 0 saturated heterocycles. The fourth-order valence-electron chi connectivity index (χ4n) is 1.40. The molecule has 0 amide bonds. The Labute approximate surface area is 91.3 Å². The summed E-state index contributed by atoms with van der Waals surface area (Å²) in [6.07, 6.45) is 3.04. The number of rotatable bonds is 3. The van der Waals surface area contributed by atoms with E-state index < -0.39 is 5.82 Å². The first-order valence-corrected chi connectivity index (χ1v) is 4.75. The van der Waals surface area contributed by atoms with Crippen LogP contribution in [-0.4, -0.2) is 15.8 Å². The summed E-state index contributed by atoms with van der Waals surface area (Å²) in [6.45, 7) is 0.0606. The second-order valence-corrected chi connectivity index (χ2v) is 3.28. The third-order valence-corrected chi connectivity index (χ3v) is 2.24. The average Bonchev–Trinajstić information content (AvgIpc) is 2.82. The number of nitrogens with one attached hydrogen (secondary N) is 1. The van der Waals surface area contributed by atoms with E-state index in [1.807, 2.05) is 0 Å². The molecule has 0 aliphatic heterocycles. The SMILES string of the molecule is NCc1cc(C(=O)c2ncc[nH]2)ccc1F. The molecule has 3 N–H and O–H groups in total. The number of imidazole rings is 1. The Morgan fingerprint density at radius 3 is 2.94 bits per heavy atom. The molecule has 0 radical (unpaired) electrons. The highest BCUT2D eigenvalue weighted by Crippen LogP contribution is 2.12. The van der Waals surface area contributed by atoms with Crippen molar-refractivity contribution in [1.29, 1.82) is 0 Å². The number of carbonyl (C=O) groups is 1. The third kappa shape index (κ3) is 1.85. The van der Waals surface area contributed by atoms with Crippen LogP contribution < -0.4 is 5.73 Å². The van der Waals surface area contributed by atoms with Crippen LogP contribution in [0.5, 0.6) is 0 Å². The molecular weight excluding hydrogens is 209 g/mol. The zero-order chi connectivity index (χ0) is 11.5. The van der Waals surface area contributed by atoms with Crippen molar-refractivity contribution in [3.8, 4) is 0 Å². The molecule has 0 fully saturated rings. The van der Waals surface area contributed by atoms with Crippen molar-refractivity contribution in [2.75, 3.05) is 0 Å². The van der Waals surface area contributed by atoms with Gasteiger partial charge in [-0.1, -0.05) is 0 Å². The van der Waals surface area contributed by atoms with Crippen molar-refractivity contribution in [2.24, 2.45) is 5.73 Å². The monoisotopic (exact) mass is 219 g/mol. The van der Waals surface area contributed by atoms with Crippen molar-refractivity contribution >= 4 is 5.78 Å². The molecule has 1 heterocycles. The van der Waals surface area contributed by atoms with Gasteiger partial charge in [-0.15, -0.1) is 0 Å². The maximum Gasteiger partial charge on any atom is 0.228 e. The highest BCUT2D eigenvalue weighted by atomic mass is 19.1. The van der Waals surface area contributed by atoms with Crippen LogP contribution in [0.3, 0.4) is 0 Å². The minimum absolute atomic E-state index is 0.0606. The van der Waals surface area contributed by atoms with Gasteiger partial charge in [-0.25, -0.2) is 9.37 Å². The zero-order valence-corrected chi connectivity index (χ0v) is 8.40. The number of H-pyrrole nitrogens is 1. The van der Waals surface area contributed by atoms with Crippen LogP contribution in [0, 0.1) is 5.82 Å². The van der Waals surface area contributed by atoms with Gasteiger partial charge in [0.2, 0.25) is 5.78 Å². The molecule has 0 unspecified atom stereocenters. The summed E-state index contributed by atoms with van der Waals surface area (Å²) in [5, 5.41) is 0. The van der Waals surface area contributed by atoms with Gasteiger partial charge in [-0.05, 0) is 18.2 Å². The molecular formula is C11H10FN3O. The second-order valence-electron chi connectivity index (χ2n) is 3.28. The molecule has 2 aromatic rings. The first kappa shape index (κ1) is 10.5. The Morgan fingerprint density at radius 2 is 2.31 bits per heavy atom. The summed E-state index contributed by atoms with van der Waals surface area (Å²) in [5.41, 5.74) is 6.05. The molecule has 0 spiro atoms. The molecule has 5 heteroatoms. The minimum atomic E-state index is -0.404. The van der Waals surface area contributed by atoms with Crippen molar-refractivity contribution in [3.63, 3.8) is 0 Å². The van der Waals surface area contributed by atoms with E-state index in [9.17, 15) is 9.18 Å². The summed E-state index contributed by atoms with van der Waals surface area (Å²) in [5.74, 6) is -0.451. The Bertz CT molecular complexity index is 508. The molecule has 82 valence electrons. The Morgan fingerprint density at radius 1 is 1.50 bits per heavy atom. The van der Waals surface area contributed by atoms with Crippen LogP contribution in [0.1, 0.15) is 21.7 Å². The average molecular weight is 219 g/mol. The molecule has 0 saturated carbocycles. The normalized spacial score (nSPS) is 10.4. The number of hydrogen-bond donors (Lipinski definition) is 2. The fraction of sp³-hybridized carbons (Fsp3) is 0.0909. The highest BCUT2D eigenvalue weighted by Gasteiger charge is 2.12. The summed E-state index contributed by atoms with van der Waals surface area (Å²) in [6, 6.07) is 4.10. The molecule has 2 rings (SSSR count). The Hall–Kier alpha value is -2.01. The highest BCUT2D eigenvalue weighted by molar-refractivity contribution is 6.06. The molecule has 0 aliphatic rings. The number of nitrogens with zero attached hydrogens (tertiary/aromatic N) is 1. The quantitative estimate of drug-likeness (QED) is 0.763. The largest absolute Gasteiger partial charge is 0.342 e. The summed E-state index contributed by atoms with van der Waals surface area (Å²) in [7, 11) is 0. The van der Waals surface area contributed by atoms with Crippen LogP contribution >= 0.6 is 0 Å². The lowest BCUT2D eigenvalue weighted by molar-refractivity contribution is 0.103. The molecule has 1 aromatic heterocycles. The van der Waals surface area contributed by atoms with Crippen LogP contribution in [0.4, 0.5) is 4.39 Å². The van der Waals surface area contributed by atoms with Crippen LogP contribution in [0.15, 0.2) is 30.6 Å². The van der Waals surface area contributed by atoms with Gasteiger partial charge in [0.15, 0.2) is 5.82 Å². The standard InChI is InChI=1S/C11H10FN3O/c12-9-2-1-7(5-8(9)6-13)10(16)11-14-3-4-15-11/h1-5H,6,13H2,(H,14,15). The van der Waals surface area contributed by atoms with E-state index in [2.05, 4.69) is 9.97 Å². The number of aromatic amines is 1. The van der Waals surface area contributed by atoms with Gasteiger partial charge < -0.3 is 10.7 Å². The number of benzene rings is 1. The van der Waals surface area contributed by atoms with E-state index in [1.165, 1.54) is 24.4 Å². The maximum atomic E-state index is 13.2. The van der Waals surface area contributed by atoms with Gasteiger partial charge in [0.1, 0.15) is 5.82 Å². The molecule has 0 atom stereocenters. The van der Waals surface area contributed by atoms with E-state index in [1.54, 1.807) is 6.20 Å². The lowest BCUT2D eigenvalue weighted by atomic mass is 10.1. The van der Waals surface area contributed by atoms with Crippen LogP contribution in [0.25, 0.3) is 0 Å². The second kappa shape index (κ2) is 4.24. The molecule has 16 heavy (non-hydrogen) atoms. The van der Waals surface area contributed by atoms with Crippen molar-refractivity contribution in [1.82, 2.24) is 9.97 Å². The van der Waals surface area contributed by atoms with E-state index in [-0.39, 0.29) is 18.2 Å². The smallest absolute Gasteiger partial charge is 0.228 e. The molecule has 1 aromatic carbocycles. The predicted octanol–water partition coefficient (Wildman–Crippen LogP) is 1.24. The van der Waals surface area contributed by atoms with E-state index >= 15 is 0 Å². The van der Waals surface area contributed by atoms with Gasteiger partial charge in [-0.3, -0.25) is 4.79 Å². The van der Waals surface area contributed by atoms with E-state index in [0.717, 1.165) is 0 Å². The van der Waals surface area contributed by atoms with Gasteiger partial charge in [0, 0.05) is 30.1 Å². The van der Waals surface area contributed by atoms with Crippen molar-refractivity contribution in [3.05, 3.63) is 53.4 Å². The van der Waals surface area contributed by atoms with Gasteiger partial charge in [0.25, 0.3) is 0 Å². The summed E-state index contributed by atoms with van der Waals surface area (Å²) < 4.78 is 13.2. The van der Waals surface area contributed by atoms with E-state index in [4.69, 9.17) is 5.73 Å². The Balaban J connectivity index is 2.38. The number of nitrogens with two attached hydrogens (primary N) is 1. The molecule has 0 aliphatic carbocycles. The fourth-order valence-corrected chi connectivity index (χ4v) is 1.40. The number of halogens is 1. The van der Waals surface area contributed by atoms with E-state index in [0.29, 0.717) is 11.1 Å². The predicted molar refractivity (Wildman–Crippen MR) is 56.3 cm³/mol. The lowest BCUT2D eigenvalue weighted by Gasteiger charge is -2.02. The third-order valence-electron chi connectivity index (χ3n) is 2.24. The van der Waals surface area contributed by atoms with Gasteiger partial charge in [-0.2, -0.15) is 0 Å². The van der Waals surface area contributed by atoms with Crippen LogP contribution in [0.2, 0.25) is 0 Å². The maximum absolute atomic E-state index is 13.2. The zero-order valence-electron chi connectivity index (χ0n) is 8.40. The lowest BCUT2D eigenvalue weighted by Crippen LogP contribution is -2.07. The first-order valence-electron chi connectivity index (χ1n) is 4.75. The summed E-state index contributed by atoms with van der Waals surface area (Å²) in [4.78, 5) is 18.4. The van der Waals surface area contributed by atoms with Crippen LogP contribution in [-0.2, 0) is 6.54 Å². The van der Waals surface area contributed by atoms with Crippen molar-refractivity contribution < 1.29 is 9.18 Å². The molecule has 4 nitrogen and oxygen atoms in total. The topological polar surface area (TPSA) is 71.8 Å². The minimum Gasteiger partial charge on any atom is -0.342 e. The number of aromatic nitrogens is 2. The number of carbonyl (C=O) groups excluding carboxylic acids is 1. The number of ketones is 1. The van der Waals surface area contributed by atoms with Gasteiger partial charge in [0.05, 0.1) is 0 Å². The Kier molecular flexibility index (Phi) is 2.78. The summed E-state index contributed by atoms with van der Waals surface area (Å²) >= 11 is 0. The first-order chi connectivity index (χ1) is 7.72. The van der Waals surface area contributed by atoms with Gasteiger partial charge >= 0.3 is 0 Å². The van der Waals surface area contributed by atoms with Crippen molar-refractivity contribution in [2.45, 2.75) is 6.54 Å². The number of hydrogen-bond acceptors (Lipinski definition) is 3.